The Hall–Kier alpha value is -1.26. The minimum absolute atomic E-state index is 0.375. The van der Waals surface area contributed by atoms with E-state index in [9.17, 15) is 9.59 Å². The summed E-state index contributed by atoms with van der Waals surface area (Å²) in [6, 6.07) is 5.25. The van der Waals surface area contributed by atoms with E-state index < -0.39 is 11.8 Å². The first-order valence-electron chi connectivity index (χ1n) is 7.59. The monoisotopic (exact) mass is 342 g/mol. The summed E-state index contributed by atoms with van der Waals surface area (Å²) in [5.74, 6) is -0.962. The first-order chi connectivity index (χ1) is 10.6. The largest absolute Gasteiger partial charge is 0.347 e. The van der Waals surface area contributed by atoms with Crippen molar-refractivity contribution < 1.29 is 9.59 Å². The number of hydrogen-bond acceptors (Lipinski definition) is 2. The number of carbonyl (C=O) groups is 2. The SMILES string of the molecule is O=C(NCCc1ccc(Cl)cc1Cl)C(=O)N1CCCCCC1. The van der Waals surface area contributed by atoms with Crippen molar-refractivity contribution in [2.45, 2.75) is 32.1 Å². The van der Waals surface area contributed by atoms with Crippen LogP contribution in [-0.2, 0) is 16.0 Å². The molecule has 1 heterocycles. The number of halogens is 2. The van der Waals surface area contributed by atoms with Crippen molar-refractivity contribution in [3.63, 3.8) is 0 Å². The van der Waals surface area contributed by atoms with Crippen LogP contribution in [-0.4, -0.2) is 36.3 Å². The minimum Gasteiger partial charge on any atom is -0.347 e. The minimum atomic E-state index is -0.535. The molecule has 4 nitrogen and oxygen atoms in total. The van der Waals surface area contributed by atoms with Crippen LogP contribution in [0, 0.1) is 0 Å². The molecule has 22 heavy (non-hydrogen) atoms. The van der Waals surface area contributed by atoms with Gasteiger partial charge < -0.3 is 10.2 Å². The Morgan fingerprint density at radius 2 is 1.77 bits per heavy atom. The van der Waals surface area contributed by atoms with Crippen LogP contribution in [0.5, 0.6) is 0 Å². The molecule has 0 saturated carbocycles. The van der Waals surface area contributed by atoms with Gasteiger partial charge in [-0.15, -0.1) is 0 Å². The van der Waals surface area contributed by atoms with Crippen molar-refractivity contribution in [3.8, 4) is 0 Å². The third-order valence-corrected chi connectivity index (χ3v) is 4.37. The van der Waals surface area contributed by atoms with E-state index in [0.717, 1.165) is 31.2 Å². The van der Waals surface area contributed by atoms with Crippen LogP contribution in [0.3, 0.4) is 0 Å². The van der Waals surface area contributed by atoms with Gasteiger partial charge in [-0.25, -0.2) is 0 Å². The van der Waals surface area contributed by atoms with E-state index in [2.05, 4.69) is 5.32 Å². The number of amides is 2. The highest BCUT2D eigenvalue weighted by molar-refractivity contribution is 6.35. The summed E-state index contributed by atoms with van der Waals surface area (Å²) in [6.07, 6.45) is 4.76. The Bertz CT molecular complexity index is 541. The fourth-order valence-corrected chi connectivity index (χ4v) is 3.03. The van der Waals surface area contributed by atoms with Gasteiger partial charge in [0.15, 0.2) is 0 Å². The molecule has 2 amide bonds. The predicted octanol–water partition coefficient (Wildman–Crippen LogP) is 3.05. The van der Waals surface area contributed by atoms with Crippen LogP contribution < -0.4 is 5.32 Å². The normalized spacial score (nSPS) is 15.3. The Balaban J connectivity index is 1.80. The number of carbonyl (C=O) groups excluding carboxylic acids is 2. The molecule has 1 aliphatic rings. The number of nitrogens with one attached hydrogen (secondary N) is 1. The molecule has 2 rings (SSSR count). The van der Waals surface area contributed by atoms with E-state index >= 15 is 0 Å². The molecule has 0 spiro atoms. The number of nitrogens with zero attached hydrogens (tertiary/aromatic N) is 1. The molecule has 0 atom stereocenters. The van der Waals surface area contributed by atoms with Crippen molar-refractivity contribution in [1.82, 2.24) is 10.2 Å². The van der Waals surface area contributed by atoms with E-state index in [1.807, 2.05) is 6.07 Å². The zero-order valence-electron chi connectivity index (χ0n) is 12.4. The number of hydrogen-bond donors (Lipinski definition) is 1. The summed E-state index contributed by atoms with van der Waals surface area (Å²) in [4.78, 5) is 25.7. The number of rotatable bonds is 3. The van der Waals surface area contributed by atoms with Gasteiger partial charge in [-0.1, -0.05) is 42.1 Å². The lowest BCUT2D eigenvalue weighted by Crippen LogP contribution is -2.43. The third kappa shape index (κ3) is 4.89. The highest BCUT2D eigenvalue weighted by atomic mass is 35.5. The highest BCUT2D eigenvalue weighted by Crippen LogP contribution is 2.21. The lowest BCUT2D eigenvalue weighted by molar-refractivity contribution is -0.145. The molecule has 0 bridgehead atoms. The van der Waals surface area contributed by atoms with Crippen LogP contribution in [0.25, 0.3) is 0 Å². The summed E-state index contributed by atoms with van der Waals surface area (Å²) < 4.78 is 0. The second kappa shape index (κ2) is 8.39. The fourth-order valence-electron chi connectivity index (χ4n) is 2.53. The molecular weight excluding hydrogens is 323 g/mol. The molecule has 1 fully saturated rings. The fraction of sp³-hybridized carbons (Fsp3) is 0.500. The summed E-state index contributed by atoms with van der Waals surface area (Å²) in [6.45, 7) is 1.73. The third-order valence-electron chi connectivity index (χ3n) is 3.78. The van der Waals surface area contributed by atoms with E-state index in [4.69, 9.17) is 23.2 Å². The molecule has 1 aromatic rings. The van der Waals surface area contributed by atoms with Gasteiger partial charge >= 0.3 is 11.8 Å². The van der Waals surface area contributed by atoms with E-state index in [1.54, 1.807) is 17.0 Å². The average Bonchev–Trinajstić information content (AvgIpc) is 2.77. The maximum absolute atomic E-state index is 12.1. The van der Waals surface area contributed by atoms with Gasteiger partial charge in [0.1, 0.15) is 0 Å². The second-order valence-corrected chi connectivity index (χ2v) is 6.29. The van der Waals surface area contributed by atoms with Crippen molar-refractivity contribution in [2.24, 2.45) is 0 Å². The maximum atomic E-state index is 12.1. The van der Waals surface area contributed by atoms with E-state index in [-0.39, 0.29) is 0 Å². The first-order valence-corrected chi connectivity index (χ1v) is 8.34. The molecule has 0 aliphatic carbocycles. The van der Waals surface area contributed by atoms with Crippen LogP contribution in [0.4, 0.5) is 0 Å². The standard InChI is InChI=1S/C16H20Cl2N2O2/c17-13-6-5-12(14(18)11-13)7-8-19-15(21)16(22)20-9-3-1-2-4-10-20/h5-6,11H,1-4,7-10H2,(H,19,21). The topological polar surface area (TPSA) is 49.4 Å². The second-order valence-electron chi connectivity index (χ2n) is 5.45. The predicted molar refractivity (Wildman–Crippen MR) is 88.2 cm³/mol. The zero-order valence-corrected chi connectivity index (χ0v) is 13.9. The van der Waals surface area contributed by atoms with Gasteiger partial charge in [-0.3, -0.25) is 9.59 Å². The van der Waals surface area contributed by atoms with Gasteiger partial charge in [0.2, 0.25) is 0 Å². The molecule has 1 aliphatic heterocycles. The quantitative estimate of drug-likeness (QED) is 0.858. The summed E-state index contributed by atoms with van der Waals surface area (Å²) in [7, 11) is 0. The van der Waals surface area contributed by atoms with E-state index in [0.29, 0.717) is 36.1 Å². The van der Waals surface area contributed by atoms with Gasteiger partial charge in [0.25, 0.3) is 0 Å². The highest BCUT2D eigenvalue weighted by Gasteiger charge is 2.22. The molecule has 1 N–H and O–H groups in total. The van der Waals surface area contributed by atoms with Gasteiger partial charge in [0.05, 0.1) is 0 Å². The van der Waals surface area contributed by atoms with Crippen LogP contribution in [0.2, 0.25) is 10.0 Å². The number of benzene rings is 1. The van der Waals surface area contributed by atoms with Crippen molar-refractivity contribution in [2.75, 3.05) is 19.6 Å². The Morgan fingerprint density at radius 3 is 2.41 bits per heavy atom. The Morgan fingerprint density at radius 1 is 1.09 bits per heavy atom. The molecule has 0 unspecified atom stereocenters. The molecule has 120 valence electrons. The molecule has 6 heteroatoms. The zero-order chi connectivity index (χ0) is 15.9. The summed E-state index contributed by atoms with van der Waals surface area (Å²) >= 11 is 11.9. The van der Waals surface area contributed by atoms with Gasteiger partial charge in [0, 0.05) is 29.7 Å². The average molecular weight is 343 g/mol. The van der Waals surface area contributed by atoms with Crippen LogP contribution in [0.15, 0.2) is 18.2 Å². The van der Waals surface area contributed by atoms with Crippen molar-refractivity contribution in [3.05, 3.63) is 33.8 Å². The van der Waals surface area contributed by atoms with Gasteiger partial charge in [-0.2, -0.15) is 0 Å². The smallest absolute Gasteiger partial charge is 0.311 e. The molecule has 1 aromatic carbocycles. The van der Waals surface area contributed by atoms with Gasteiger partial charge in [-0.05, 0) is 37.0 Å². The molecule has 1 saturated heterocycles. The molecule has 0 radical (unpaired) electrons. The summed E-state index contributed by atoms with van der Waals surface area (Å²) in [5, 5.41) is 3.82. The number of likely N-dealkylation sites (tertiary alicyclic amines) is 1. The first kappa shape index (κ1) is 17.1. The van der Waals surface area contributed by atoms with E-state index in [1.165, 1.54) is 0 Å². The Labute approximate surface area is 140 Å². The van der Waals surface area contributed by atoms with Crippen LogP contribution in [0.1, 0.15) is 31.2 Å². The molecular formula is C16H20Cl2N2O2. The van der Waals surface area contributed by atoms with Crippen molar-refractivity contribution in [1.29, 1.82) is 0 Å². The van der Waals surface area contributed by atoms with Crippen LogP contribution >= 0.6 is 23.2 Å². The summed E-state index contributed by atoms with van der Waals surface area (Å²) in [5.41, 5.74) is 0.897. The van der Waals surface area contributed by atoms with Crippen molar-refractivity contribution >= 4 is 35.0 Å². The maximum Gasteiger partial charge on any atom is 0.311 e. The lowest BCUT2D eigenvalue weighted by Gasteiger charge is -2.19. The molecule has 0 aromatic heterocycles. The lowest BCUT2D eigenvalue weighted by atomic mass is 10.1. The Kier molecular flexibility index (Phi) is 6.52.